The molecule has 0 saturated carbocycles. The topological polar surface area (TPSA) is 77.7 Å². The molecule has 0 aliphatic carbocycles. The number of nitrogens with zero attached hydrogens (tertiary/aromatic N) is 3. The second kappa shape index (κ2) is 6.68. The highest BCUT2D eigenvalue weighted by Crippen LogP contribution is 2.35. The highest BCUT2D eigenvalue weighted by Gasteiger charge is 2.27. The standard InChI is InChI=1S/C18H14ClN3O4/c1-24-13-4-2-3-11(7-13)18-20-16(26-21-18)9-22-14-6-5-12(19)8-15(14)25-10-17(22)23/h2-8H,9-10H2,1H3. The van der Waals surface area contributed by atoms with Gasteiger partial charge in [0.2, 0.25) is 11.7 Å². The van der Waals surface area contributed by atoms with Gasteiger partial charge in [0.15, 0.2) is 6.61 Å². The van der Waals surface area contributed by atoms with Crippen LogP contribution in [0.3, 0.4) is 0 Å². The minimum Gasteiger partial charge on any atom is -0.497 e. The zero-order chi connectivity index (χ0) is 18.1. The molecule has 8 heteroatoms. The summed E-state index contributed by atoms with van der Waals surface area (Å²) in [6, 6.07) is 12.4. The molecule has 7 nitrogen and oxygen atoms in total. The number of hydrogen-bond acceptors (Lipinski definition) is 6. The summed E-state index contributed by atoms with van der Waals surface area (Å²) in [7, 11) is 1.59. The summed E-state index contributed by atoms with van der Waals surface area (Å²) >= 11 is 5.98. The number of carbonyl (C=O) groups is 1. The Labute approximate surface area is 154 Å². The van der Waals surface area contributed by atoms with Crippen molar-refractivity contribution in [2.75, 3.05) is 18.6 Å². The number of rotatable bonds is 4. The predicted octanol–water partition coefficient (Wildman–Crippen LogP) is 3.32. The number of halogens is 1. The van der Waals surface area contributed by atoms with E-state index >= 15 is 0 Å². The van der Waals surface area contributed by atoms with E-state index in [9.17, 15) is 4.79 Å². The lowest BCUT2D eigenvalue weighted by Crippen LogP contribution is -2.38. The average molecular weight is 372 g/mol. The minimum absolute atomic E-state index is 0.0653. The number of methoxy groups -OCH3 is 1. The maximum absolute atomic E-state index is 12.3. The summed E-state index contributed by atoms with van der Waals surface area (Å²) in [5.74, 6) is 1.79. The van der Waals surface area contributed by atoms with E-state index in [1.165, 1.54) is 4.90 Å². The van der Waals surface area contributed by atoms with Crippen molar-refractivity contribution >= 4 is 23.2 Å². The highest BCUT2D eigenvalue weighted by atomic mass is 35.5. The normalized spacial score (nSPS) is 13.3. The van der Waals surface area contributed by atoms with Crippen molar-refractivity contribution < 1.29 is 18.8 Å². The third kappa shape index (κ3) is 3.09. The van der Waals surface area contributed by atoms with Crippen LogP contribution in [0.2, 0.25) is 5.02 Å². The molecule has 2 heterocycles. The summed E-state index contributed by atoms with van der Waals surface area (Å²) in [5.41, 5.74) is 1.38. The monoisotopic (exact) mass is 371 g/mol. The Bertz CT molecular complexity index is 973. The van der Waals surface area contributed by atoms with E-state index in [4.69, 9.17) is 25.6 Å². The van der Waals surface area contributed by atoms with Crippen molar-refractivity contribution in [3.05, 3.63) is 53.4 Å². The fourth-order valence-corrected chi connectivity index (χ4v) is 2.85. The highest BCUT2D eigenvalue weighted by molar-refractivity contribution is 6.30. The smallest absolute Gasteiger partial charge is 0.265 e. The number of carbonyl (C=O) groups excluding carboxylic acids is 1. The first-order valence-electron chi connectivity index (χ1n) is 7.84. The maximum Gasteiger partial charge on any atom is 0.265 e. The third-order valence-corrected chi connectivity index (χ3v) is 4.19. The molecule has 0 unspecified atom stereocenters. The van der Waals surface area contributed by atoms with Crippen LogP contribution < -0.4 is 14.4 Å². The molecule has 3 aromatic rings. The Morgan fingerprint density at radius 1 is 1.27 bits per heavy atom. The number of amides is 1. The van der Waals surface area contributed by atoms with Gasteiger partial charge < -0.3 is 14.0 Å². The molecule has 0 fully saturated rings. The first-order chi connectivity index (χ1) is 12.6. The van der Waals surface area contributed by atoms with Crippen molar-refractivity contribution in [1.29, 1.82) is 0 Å². The zero-order valence-electron chi connectivity index (χ0n) is 13.8. The van der Waals surface area contributed by atoms with Crippen LogP contribution in [0.1, 0.15) is 5.89 Å². The van der Waals surface area contributed by atoms with Crippen LogP contribution in [0.25, 0.3) is 11.4 Å². The van der Waals surface area contributed by atoms with Crippen LogP contribution in [-0.2, 0) is 11.3 Å². The first kappa shape index (κ1) is 16.4. The molecule has 26 heavy (non-hydrogen) atoms. The van der Waals surface area contributed by atoms with Crippen LogP contribution in [0.5, 0.6) is 11.5 Å². The van der Waals surface area contributed by atoms with E-state index in [1.54, 1.807) is 25.3 Å². The van der Waals surface area contributed by atoms with Gasteiger partial charge >= 0.3 is 0 Å². The molecule has 1 amide bonds. The number of hydrogen-bond donors (Lipinski definition) is 0. The molecule has 0 spiro atoms. The fraction of sp³-hybridized carbons (Fsp3) is 0.167. The number of ether oxygens (including phenoxy) is 2. The van der Waals surface area contributed by atoms with E-state index in [2.05, 4.69) is 10.1 Å². The lowest BCUT2D eigenvalue weighted by Gasteiger charge is -2.28. The van der Waals surface area contributed by atoms with Crippen molar-refractivity contribution in [2.24, 2.45) is 0 Å². The second-order valence-corrected chi connectivity index (χ2v) is 6.06. The molecule has 0 N–H and O–H groups in total. The number of benzene rings is 2. The summed E-state index contributed by atoms with van der Waals surface area (Å²) in [6.45, 7) is 0.0814. The molecule has 0 bridgehead atoms. The van der Waals surface area contributed by atoms with Gasteiger partial charge in [0.05, 0.1) is 12.8 Å². The maximum atomic E-state index is 12.3. The van der Waals surface area contributed by atoms with Crippen molar-refractivity contribution in [1.82, 2.24) is 10.1 Å². The van der Waals surface area contributed by atoms with E-state index < -0.39 is 0 Å². The zero-order valence-corrected chi connectivity index (χ0v) is 14.6. The Kier molecular flexibility index (Phi) is 4.22. The molecular weight excluding hydrogens is 358 g/mol. The third-order valence-electron chi connectivity index (χ3n) is 3.95. The number of anilines is 1. The molecule has 4 rings (SSSR count). The van der Waals surface area contributed by atoms with Gasteiger partial charge in [0.1, 0.15) is 18.0 Å². The molecule has 1 aromatic heterocycles. The average Bonchev–Trinajstić information content (AvgIpc) is 3.13. The van der Waals surface area contributed by atoms with Crippen molar-refractivity contribution in [2.45, 2.75) is 6.54 Å². The molecule has 0 radical (unpaired) electrons. The Morgan fingerprint density at radius 2 is 2.15 bits per heavy atom. The molecule has 0 saturated heterocycles. The largest absolute Gasteiger partial charge is 0.497 e. The number of aromatic nitrogens is 2. The van der Waals surface area contributed by atoms with Crippen LogP contribution in [-0.4, -0.2) is 29.8 Å². The summed E-state index contributed by atoms with van der Waals surface area (Å²) in [5, 5.41) is 4.53. The van der Waals surface area contributed by atoms with Crippen LogP contribution in [0.4, 0.5) is 5.69 Å². The van der Waals surface area contributed by atoms with E-state index in [0.717, 1.165) is 5.56 Å². The van der Waals surface area contributed by atoms with Gasteiger partial charge in [-0.2, -0.15) is 4.98 Å². The van der Waals surface area contributed by atoms with Crippen LogP contribution in [0, 0.1) is 0 Å². The van der Waals surface area contributed by atoms with Gasteiger partial charge in [-0.05, 0) is 24.3 Å². The Morgan fingerprint density at radius 3 is 3.00 bits per heavy atom. The number of fused-ring (bicyclic) bond motifs is 1. The molecular formula is C18H14ClN3O4. The molecule has 2 aromatic carbocycles. The molecule has 0 atom stereocenters. The van der Waals surface area contributed by atoms with Gasteiger partial charge in [-0.15, -0.1) is 0 Å². The van der Waals surface area contributed by atoms with E-state index in [1.807, 2.05) is 24.3 Å². The summed E-state index contributed by atoms with van der Waals surface area (Å²) in [6.07, 6.45) is 0. The van der Waals surface area contributed by atoms with Gasteiger partial charge in [-0.1, -0.05) is 28.9 Å². The first-order valence-corrected chi connectivity index (χ1v) is 8.21. The van der Waals surface area contributed by atoms with Gasteiger partial charge in [-0.3, -0.25) is 9.69 Å². The molecule has 1 aliphatic rings. The van der Waals surface area contributed by atoms with Crippen LogP contribution in [0.15, 0.2) is 47.0 Å². The van der Waals surface area contributed by atoms with Gasteiger partial charge in [0, 0.05) is 16.7 Å². The van der Waals surface area contributed by atoms with E-state index in [-0.39, 0.29) is 19.1 Å². The Balaban J connectivity index is 1.60. The summed E-state index contributed by atoms with van der Waals surface area (Å²) in [4.78, 5) is 18.2. The van der Waals surface area contributed by atoms with Crippen molar-refractivity contribution in [3.63, 3.8) is 0 Å². The quantitative estimate of drug-likeness (QED) is 0.700. The lowest BCUT2D eigenvalue weighted by atomic mass is 10.2. The molecule has 1 aliphatic heterocycles. The minimum atomic E-state index is -0.194. The van der Waals surface area contributed by atoms with Gasteiger partial charge in [0.25, 0.3) is 5.91 Å². The fourth-order valence-electron chi connectivity index (χ4n) is 2.69. The Hall–Kier alpha value is -3.06. The van der Waals surface area contributed by atoms with Crippen molar-refractivity contribution in [3.8, 4) is 22.9 Å². The molecule has 132 valence electrons. The lowest BCUT2D eigenvalue weighted by molar-refractivity contribution is -0.121. The second-order valence-electron chi connectivity index (χ2n) is 5.62. The van der Waals surface area contributed by atoms with Gasteiger partial charge in [-0.25, -0.2) is 0 Å². The van der Waals surface area contributed by atoms with E-state index in [0.29, 0.717) is 33.9 Å². The SMILES string of the molecule is COc1cccc(-c2noc(CN3C(=O)COc4cc(Cl)ccc43)n2)c1. The summed E-state index contributed by atoms with van der Waals surface area (Å²) < 4.78 is 16.0. The van der Waals surface area contributed by atoms with Crippen LogP contribution >= 0.6 is 11.6 Å². The predicted molar refractivity (Wildman–Crippen MR) is 94.4 cm³/mol.